The van der Waals surface area contributed by atoms with Gasteiger partial charge in [0.15, 0.2) is 0 Å². The lowest BCUT2D eigenvalue weighted by Gasteiger charge is -2.19. The van der Waals surface area contributed by atoms with Crippen LogP contribution in [0.4, 0.5) is 0 Å². The van der Waals surface area contributed by atoms with E-state index in [0.29, 0.717) is 44.9 Å². The summed E-state index contributed by atoms with van der Waals surface area (Å²) in [5.74, 6) is 0. The molecule has 3 heterocycles. The first-order valence-corrected chi connectivity index (χ1v) is 40.7. The normalized spacial score (nSPS) is 18.3. The summed E-state index contributed by atoms with van der Waals surface area (Å²) >= 11 is 3.02. The average molecular weight is 1690 g/mol. The van der Waals surface area contributed by atoms with Crippen LogP contribution in [0.25, 0.3) is 257 Å². The Hall–Kier alpha value is -15.2. The molecule has 3 aromatic heterocycles. The van der Waals surface area contributed by atoms with Gasteiger partial charge in [-0.3, -0.25) is 0 Å². The van der Waals surface area contributed by atoms with Crippen LogP contribution in [0.15, 0.2) is 448 Å². The van der Waals surface area contributed by atoms with Crippen LogP contribution < -0.4 is 0 Å². The second-order valence-corrected chi connectivity index (χ2v) is 31.6. The molecule has 0 radical (unpaired) electrons. The van der Waals surface area contributed by atoms with E-state index in [1.807, 2.05) is 54.6 Å². The topological polar surface area (TPSA) is 0 Å². The smallest absolute Gasteiger partial charge is 0.0644 e. The van der Waals surface area contributed by atoms with Gasteiger partial charge in [-0.15, -0.1) is 34.0 Å². The molecule has 27 aromatic rings. The van der Waals surface area contributed by atoms with Gasteiger partial charge in [0.05, 0.1) is 79.5 Å². The molecule has 0 bridgehead atoms. The fourth-order valence-corrected chi connectivity index (χ4v) is 19.6. The largest absolute Gasteiger partial charge is 0.135 e. The third kappa shape index (κ3) is 12.1. The zero-order valence-corrected chi connectivity index (χ0v) is 65.9. The molecule has 125 heavy (non-hydrogen) atoms. The molecule has 0 aliphatic carbocycles. The van der Waals surface area contributed by atoms with Crippen LogP contribution in [-0.2, 0) is 0 Å². The van der Waals surface area contributed by atoms with E-state index in [1.54, 1.807) is 23.5 Å². The fourth-order valence-electron chi connectivity index (χ4n) is 16.5. The van der Waals surface area contributed by atoms with E-state index in [9.17, 15) is 30.2 Å². The highest BCUT2D eigenvalue weighted by molar-refractivity contribution is 7.27. The average Bonchev–Trinajstić information content (AvgIpc) is 1.28. The van der Waals surface area contributed by atoms with Gasteiger partial charge in [0.1, 0.15) is 0 Å². The first-order chi connectivity index (χ1) is 86.2. The Labute approximate surface area is 815 Å². The minimum atomic E-state index is -1.04. The van der Waals surface area contributed by atoms with Crippen molar-refractivity contribution in [3.05, 3.63) is 448 Å². The molecule has 3 heteroatoms. The Kier molecular flexibility index (Phi) is 8.44. The minimum Gasteiger partial charge on any atom is -0.135 e. The fraction of sp³-hybridized carbons (Fsp3) is 0. The molecule has 0 saturated heterocycles. The van der Waals surface area contributed by atoms with E-state index in [4.69, 9.17) is 49.3 Å². The van der Waals surface area contributed by atoms with Gasteiger partial charge in [-0.1, -0.05) is 381 Å². The summed E-state index contributed by atoms with van der Waals surface area (Å²) in [6.07, 6.45) is 0. The monoisotopic (exact) mass is 1690 g/mol. The summed E-state index contributed by atoms with van der Waals surface area (Å²) in [5.41, 5.74) is -4.94. The van der Waals surface area contributed by atoms with E-state index in [2.05, 4.69) is 30.3 Å². The van der Waals surface area contributed by atoms with Gasteiger partial charge in [-0.25, -0.2) is 0 Å². The molecule has 0 saturated carbocycles. The first-order valence-electron chi connectivity index (χ1n) is 67.3. The maximum atomic E-state index is 9.80. The Morgan fingerprint density at radius 2 is 0.488 bits per heavy atom. The highest BCUT2D eigenvalue weighted by atomic mass is 32.1. The van der Waals surface area contributed by atoms with Crippen molar-refractivity contribution in [2.75, 3.05) is 0 Å². The van der Waals surface area contributed by atoms with Crippen LogP contribution in [0.1, 0.15) is 79.5 Å². The SMILES string of the molecule is [2H]c1c(-c2c3c([2H])c([2H])c([2H])c([2H])c3c(-c3c([2H])c([2H])c4c([2H])c([2H])c([2H])c([2H])c4c3[2H])c3c([2H])c([2H])c([2H])c([2H])c23)c([2H])c2c(sc3c([2H])c4c([2H])c([2H])c([2H])c([2H])c4c([2H])c32)c1[2H].[2H]c1c([2H])c([2H])c(-c2c3c([2H])c([2H])c([2H])c([2H])c3c(-c3c([2H])c([2H])c(-c4c([2H])c([2H])c5sc6c([2H])c7c([2H])c([2H])c([2H])c([2H])c7c([2H])c6c5c4[2H])c([2H])c3[2H])c3c([2H])c([2H])c([2H])c([2H])c23)c([2H])c1[2H].[2H]c1c([2H])c([2H])c2c(-c3cc4sc5ccc6ccccc6c5c4c4ccccc34)c3c([2H])c([2H])c([2H])c([2H])c3c(-c3ccccc3)c2c1[2H]. The highest BCUT2D eigenvalue weighted by Crippen LogP contribution is 2.53. The van der Waals surface area contributed by atoms with E-state index < -0.39 is 436 Å². The molecule has 0 nitrogen and oxygen atoms in total. The second kappa shape index (κ2) is 29.9. The summed E-state index contributed by atoms with van der Waals surface area (Å²) in [6.45, 7) is 0. The number of thiophene rings is 3. The maximum Gasteiger partial charge on any atom is 0.0644 e. The lowest BCUT2D eigenvalue weighted by molar-refractivity contribution is 1.63. The van der Waals surface area contributed by atoms with Crippen LogP contribution >= 0.6 is 34.0 Å². The summed E-state index contributed by atoms with van der Waals surface area (Å²) in [4.78, 5) is 0. The molecule has 0 aliphatic rings. The van der Waals surface area contributed by atoms with E-state index in [0.717, 1.165) is 41.7 Å². The first kappa shape index (κ1) is 35.3. The van der Waals surface area contributed by atoms with Crippen LogP contribution in [0.3, 0.4) is 0 Å². The molecule has 0 aliphatic heterocycles. The summed E-state index contributed by atoms with van der Waals surface area (Å²) in [5, 5.41) is -1.60. The van der Waals surface area contributed by atoms with Crippen molar-refractivity contribution in [3.8, 4) is 77.9 Å². The van der Waals surface area contributed by atoms with Gasteiger partial charge in [-0.05, 0) is 263 Å². The summed E-state index contributed by atoms with van der Waals surface area (Å²) in [6, 6.07) is -12.0. The molecule has 580 valence electrons. The zero-order valence-electron chi connectivity index (χ0n) is 121. The van der Waals surface area contributed by atoms with Crippen molar-refractivity contribution in [1.29, 1.82) is 0 Å². The second-order valence-electron chi connectivity index (χ2n) is 28.5. The molecule has 0 fully saturated rings. The van der Waals surface area contributed by atoms with Gasteiger partial charge in [0, 0.05) is 60.5 Å². The van der Waals surface area contributed by atoms with Crippen molar-refractivity contribution in [1.82, 2.24) is 0 Å². The standard InChI is InChI=1S/C42H26S.2C40H24S/c1-2-10-28(11-3-1)41-33-14-6-8-16-35(33)42(36-17-9-7-15-34(36)41)29-20-18-27(19-21-29)32-22-23-39-37(25-32)38-24-30-12-4-5-13-31(30)26-40(38)43-39;1-2-10-26-21-29(18-17-25(26)9-1)39-31-13-5-7-15-33(31)40(34-16-8-6-14-32(34)39)30-19-20-37-35(23-30)36-22-27-11-3-4-12-28(27)24-38(36)41-37;1-2-13-26(14-3-1)37-30-18-8-10-20-32(30)38(33-21-11-9-19-31(33)37)34-24-36-40(29-17-7-6-16-28(29)34)39-27-15-5-4-12-25(27)22-23-35(39)41-36/h1-26H;2*1-24H/i1D,2D,3D,4D,5D,6D,7D,8D,9D,10D,11D,12D,13D,14D,15D,16D,17D,18D,19D,20D,21D,22D,23D,24D,25D,26D;1D,2D,3D,4D,5D,6D,7D,8D,9D,10D,11D,12D,13D,14D,15D,16D,17D,18D,19D,20D,21D,22D,23D,24D;8D,9D,10D,11D,18D,19D,20D,21D. The number of fused-ring (bicyclic) bond motifs is 22. The molecule has 0 unspecified atom stereocenters. The Morgan fingerprint density at radius 3 is 1.00 bits per heavy atom. The van der Waals surface area contributed by atoms with Gasteiger partial charge in [0.2, 0.25) is 0 Å². The molecule has 0 N–H and O–H groups in total. The lowest BCUT2D eigenvalue weighted by Crippen LogP contribution is -1.91. The van der Waals surface area contributed by atoms with Gasteiger partial charge in [0.25, 0.3) is 0 Å². The van der Waals surface area contributed by atoms with Crippen molar-refractivity contribution >= 4 is 213 Å². The lowest BCUT2D eigenvalue weighted by atomic mass is 9.84. The predicted octanol–water partition coefficient (Wildman–Crippen LogP) is 36.5. The van der Waals surface area contributed by atoms with Gasteiger partial charge >= 0.3 is 0 Å². The zero-order chi connectivity index (χ0) is 133. The van der Waals surface area contributed by atoms with Crippen molar-refractivity contribution < 1.29 is 79.5 Å². The molecule has 24 aromatic carbocycles. The third-order valence-electron chi connectivity index (χ3n) is 21.7. The Balaban J connectivity index is 0.000000137. The summed E-state index contributed by atoms with van der Waals surface area (Å²) in [7, 11) is 0. The van der Waals surface area contributed by atoms with Crippen molar-refractivity contribution in [2.24, 2.45) is 0 Å². The predicted molar refractivity (Wildman–Crippen MR) is 549 cm³/mol. The maximum absolute atomic E-state index is 9.80. The van der Waals surface area contributed by atoms with E-state index in [1.165, 1.54) is 0 Å². The van der Waals surface area contributed by atoms with E-state index in [-0.39, 0.29) is 108 Å². The Morgan fingerprint density at radius 1 is 0.152 bits per heavy atom. The number of hydrogen-bond donors (Lipinski definition) is 0. The van der Waals surface area contributed by atoms with Gasteiger partial charge < -0.3 is 0 Å². The van der Waals surface area contributed by atoms with Crippen molar-refractivity contribution in [3.63, 3.8) is 0 Å². The van der Waals surface area contributed by atoms with Crippen LogP contribution in [0.2, 0.25) is 0 Å². The van der Waals surface area contributed by atoms with E-state index >= 15 is 0 Å². The molecule has 0 amide bonds. The molecule has 0 spiro atoms. The number of rotatable bonds is 7. The Bertz CT molecular complexity index is 12600. The molecule has 0 atom stereocenters. The van der Waals surface area contributed by atoms with Crippen LogP contribution in [0, 0.1) is 0 Å². The molecular weight excluding hydrogens is 1560 g/mol. The van der Waals surface area contributed by atoms with Crippen molar-refractivity contribution in [2.45, 2.75) is 0 Å². The third-order valence-corrected chi connectivity index (χ3v) is 24.9. The van der Waals surface area contributed by atoms with Gasteiger partial charge in [-0.2, -0.15) is 0 Å². The molecular formula is C122H74S3. The number of benzene rings is 24. The minimum absolute atomic E-state index is 0.0825. The highest BCUT2D eigenvalue weighted by Gasteiger charge is 2.25. The molecule has 27 rings (SSSR count). The number of hydrogen-bond acceptors (Lipinski definition) is 3. The quantitative estimate of drug-likeness (QED) is 0.140. The summed E-state index contributed by atoms with van der Waals surface area (Å²) < 4.78 is 520. The van der Waals surface area contributed by atoms with Crippen LogP contribution in [0.5, 0.6) is 0 Å². The van der Waals surface area contributed by atoms with Crippen LogP contribution in [-0.4, -0.2) is 0 Å².